The van der Waals surface area contributed by atoms with E-state index in [-0.39, 0.29) is 41.3 Å². The van der Waals surface area contributed by atoms with Crippen LogP contribution in [0.2, 0.25) is 5.02 Å². The third-order valence-electron chi connectivity index (χ3n) is 8.68. The topological polar surface area (TPSA) is 101 Å². The molecule has 2 aromatic carbocycles. The second-order valence-corrected chi connectivity index (χ2v) is 12.8. The molecule has 3 aliphatic carbocycles. The summed E-state index contributed by atoms with van der Waals surface area (Å²) in [6.07, 6.45) is 3.77. The summed E-state index contributed by atoms with van der Waals surface area (Å²) in [6.45, 7) is 3.46. The van der Waals surface area contributed by atoms with Crippen molar-refractivity contribution in [2.24, 2.45) is 17.8 Å². The number of aromatic hydroxyl groups is 1. The number of carbonyl (C=O) groups is 4. The molecule has 1 saturated heterocycles. The summed E-state index contributed by atoms with van der Waals surface area (Å²) in [5.41, 5.74) is 3.68. The molecule has 4 atom stereocenters. The Kier molecular flexibility index (Phi) is 6.91. The summed E-state index contributed by atoms with van der Waals surface area (Å²) >= 11 is 13.3. The molecule has 0 saturated carbocycles. The first-order valence-electron chi connectivity index (χ1n) is 13.0. The number of allylic oxidation sites excluding steroid dienone is 6. The van der Waals surface area contributed by atoms with Crippen molar-refractivity contribution < 1.29 is 29.0 Å². The molecule has 0 unspecified atom stereocenters. The third-order valence-corrected chi connectivity index (χ3v) is 11.2. The molecule has 0 radical (unpaired) electrons. The maximum atomic E-state index is 14.1. The van der Waals surface area contributed by atoms with Crippen LogP contribution >= 0.6 is 43.5 Å². The number of imide groups is 1. The first-order chi connectivity index (χ1) is 19.5. The van der Waals surface area contributed by atoms with Gasteiger partial charge in [-0.1, -0.05) is 29.3 Å². The molecule has 1 aliphatic heterocycles. The Labute approximate surface area is 258 Å². The van der Waals surface area contributed by atoms with Gasteiger partial charge in [0.2, 0.25) is 11.8 Å². The van der Waals surface area contributed by atoms with Gasteiger partial charge in [0.25, 0.3) is 0 Å². The minimum atomic E-state index is -0.713. The molecule has 2 aromatic rings. The number of aryl methyl sites for hydroxylation is 1. The number of phenolic OH excluding ortho intramolecular Hbond substituents is 1. The van der Waals surface area contributed by atoms with Crippen LogP contribution in [-0.2, 0) is 19.2 Å². The standard InChI is InChI=1S/C31H24Br2ClNO6/c1-12-4-5-14(9-20(12)34)35-30(39)16-7-6-15-17(24(16)31(35)40)10-18-21(36)8-13(2)28(37)25(18)23(15)19-11-22(41-3)29(38)27(33)26(19)32/h4-6,8-9,11,16-17,23-24,38H,7,10H2,1-3H3/t16-,17+,23+,24-/m0/s1. The molecule has 2 amide bonds. The number of phenols is 1. The van der Waals surface area contributed by atoms with Gasteiger partial charge in [-0.05, 0) is 99.9 Å². The van der Waals surface area contributed by atoms with Crippen LogP contribution in [0.1, 0.15) is 36.8 Å². The summed E-state index contributed by atoms with van der Waals surface area (Å²) in [4.78, 5) is 56.0. The highest BCUT2D eigenvalue weighted by molar-refractivity contribution is 9.13. The summed E-state index contributed by atoms with van der Waals surface area (Å²) in [5, 5.41) is 11.1. The van der Waals surface area contributed by atoms with Crippen molar-refractivity contribution in [3.8, 4) is 11.5 Å². The van der Waals surface area contributed by atoms with E-state index in [1.54, 1.807) is 31.2 Å². The molecule has 210 valence electrons. The van der Waals surface area contributed by atoms with Crippen LogP contribution < -0.4 is 9.64 Å². The zero-order valence-electron chi connectivity index (χ0n) is 22.3. The number of ketones is 2. The molecule has 1 fully saturated rings. The lowest BCUT2D eigenvalue weighted by molar-refractivity contribution is -0.123. The Morgan fingerprint density at radius 1 is 1.02 bits per heavy atom. The molecule has 1 N–H and O–H groups in total. The fourth-order valence-corrected chi connectivity index (χ4v) is 7.80. The highest BCUT2D eigenvalue weighted by Gasteiger charge is 2.57. The fraction of sp³-hybridized carbons (Fsp3) is 0.290. The van der Waals surface area contributed by atoms with Crippen LogP contribution in [0, 0.1) is 24.7 Å². The van der Waals surface area contributed by atoms with Gasteiger partial charge in [-0.3, -0.25) is 19.2 Å². The molecule has 41 heavy (non-hydrogen) atoms. The average molecular weight is 702 g/mol. The molecule has 10 heteroatoms. The van der Waals surface area contributed by atoms with Crippen LogP contribution in [0.4, 0.5) is 5.69 Å². The van der Waals surface area contributed by atoms with E-state index < -0.39 is 23.7 Å². The third kappa shape index (κ3) is 4.11. The molecular formula is C31H24Br2ClNO6. The largest absolute Gasteiger partial charge is 0.503 e. The number of benzene rings is 2. The first-order valence-corrected chi connectivity index (χ1v) is 15.0. The maximum absolute atomic E-state index is 14.1. The van der Waals surface area contributed by atoms with E-state index in [9.17, 15) is 24.3 Å². The molecule has 0 spiro atoms. The summed E-state index contributed by atoms with van der Waals surface area (Å²) in [6, 6.07) is 6.74. The predicted octanol–water partition coefficient (Wildman–Crippen LogP) is 6.52. The number of carbonyl (C=O) groups excluding carboxylic acids is 4. The zero-order valence-corrected chi connectivity index (χ0v) is 26.2. The number of ether oxygens (including phenoxy) is 1. The number of rotatable bonds is 3. The van der Waals surface area contributed by atoms with Gasteiger partial charge in [0, 0.05) is 32.1 Å². The van der Waals surface area contributed by atoms with Crippen LogP contribution in [0.25, 0.3) is 0 Å². The molecule has 7 nitrogen and oxygen atoms in total. The highest BCUT2D eigenvalue weighted by Crippen LogP contribution is 2.57. The van der Waals surface area contributed by atoms with Gasteiger partial charge >= 0.3 is 0 Å². The van der Waals surface area contributed by atoms with Crippen molar-refractivity contribution in [2.45, 2.75) is 32.6 Å². The van der Waals surface area contributed by atoms with E-state index in [0.29, 0.717) is 48.4 Å². The molecule has 4 aliphatic rings. The number of amides is 2. The fourth-order valence-electron chi connectivity index (χ4n) is 6.67. The van der Waals surface area contributed by atoms with Crippen LogP contribution in [0.15, 0.2) is 67.7 Å². The van der Waals surface area contributed by atoms with E-state index >= 15 is 0 Å². The molecule has 0 bridgehead atoms. The van der Waals surface area contributed by atoms with Crippen LogP contribution in [-0.4, -0.2) is 35.6 Å². The number of anilines is 1. The number of hydrogen-bond acceptors (Lipinski definition) is 6. The second-order valence-electron chi connectivity index (χ2n) is 10.8. The Bertz CT molecular complexity index is 1710. The Morgan fingerprint density at radius 3 is 2.44 bits per heavy atom. The minimum Gasteiger partial charge on any atom is -0.503 e. The normalized spacial score (nSPS) is 25.6. The number of Topliss-reactive ketones (excluding diaryl/α,β-unsaturated/α-hetero) is 1. The Balaban J connectivity index is 1.53. The SMILES string of the molecule is COc1cc([C@H]2C3=CC[C@@H]4C(=O)N(c5ccc(C)c(Cl)c5)C(=O)[C@@H]4[C@@H]3CC3=C2C(=O)C(C)=CC3=O)c(Br)c(Br)c1O. The average Bonchev–Trinajstić information content (AvgIpc) is 3.21. The van der Waals surface area contributed by atoms with Crippen molar-refractivity contribution in [1.29, 1.82) is 0 Å². The van der Waals surface area contributed by atoms with Crippen molar-refractivity contribution in [2.75, 3.05) is 12.0 Å². The van der Waals surface area contributed by atoms with Crippen LogP contribution in [0.3, 0.4) is 0 Å². The zero-order chi connectivity index (χ0) is 29.5. The lowest BCUT2D eigenvalue weighted by Crippen LogP contribution is -2.40. The van der Waals surface area contributed by atoms with E-state index in [1.807, 2.05) is 13.0 Å². The number of nitrogens with zero attached hydrogens (tertiary/aromatic N) is 1. The smallest absolute Gasteiger partial charge is 0.238 e. The molecule has 6 rings (SSSR count). The van der Waals surface area contributed by atoms with Crippen molar-refractivity contribution in [3.63, 3.8) is 0 Å². The van der Waals surface area contributed by atoms with Crippen molar-refractivity contribution in [3.05, 3.63) is 83.8 Å². The van der Waals surface area contributed by atoms with Gasteiger partial charge in [-0.2, -0.15) is 0 Å². The number of fused-ring (bicyclic) bond motifs is 3. The highest BCUT2D eigenvalue weighted by atomic mass is 79.9. The molecule has 0 aromatic heterocycles. The quantitative estimate of drug-likeness (QED) is 0.222. The van der Waals surface area contributed by atoms with Gasteiger partial charge < -0.3 is 9.84 Å². The van der Waals surface area contributed by atoms with Gasteiger partial charge in [-0.25, -0.2) is 4.90 Å². The second kappa shape index (κ2) is 10.1. The lowest BCUT2D eigenvalue weighted by atomic mass is 9.59. The van der Waals surface area contributed by atoms with E-state index in [0.717, 1.165) is 11.1 Å². The van der Waals surface area contributed by atoms with Crippen LogP contribution in [0.5, 0.6) is 11.5 Å². The predicted molar refractivity (Wildman–Crippen MR) is 160 cm³/mol. The monoisotopic (exact) mass is 699 g/mol. The number of methoxy groups -OCH3 is 1. The van der Waals surface area contributed by atoms with E-state index in [2.05, 4.69) is 31.9 Å². The van der Waals surface area contributed by atoms with Gasteiger partial charge in [0.15, 0.2) is 23.1 Å². The summed E-state index contributed by atoms with van der Waals surface area (Å²) in [5.74, 6) is -3.60. The molecule has 1 heterocycles. The van der Waals surface area contributed by atoms with Gasteiger partial charge in [0.05, 0.1) is 29.1 Å². The first kappa shape index (κ1) is 28.1. The van der Waals surface area contributed by atoms with Gasteiger partial charge in [-0.15, -0.1) is 0 Å². The molecular weight excluding hydrogens is 678 g/mol. The van der Waals surface area contributed by atoms with Gasteiger partial charge in [0.1, 0.15) is 0 Å². The minimum absolute atomic E-state index is 0.117. The summed E-state index contributed by atoms with van der Waals surface area (Å²) in [7, 11) is 1.43. The van der Waals surface area contributed by atoms with E-state index in [4.69, 9.17) is 16.3 Å². The summed E-state index contributed by atoms with van der Waals surface area (Å²) < 4.78 is 6.25. The van der Waals surface area contributed by atoms with E-state index in [1.165, 1.54) is 18.1 Å². The van der Waals surface area contributed by atoms with Crippen molar-refractivity contribution in [1.82, 2.24) is 0 Å². The Hall–Kier alpha value is -3.01. The maximum Gasteiger partial charge on any atom is 0.238 e. The lowest BCUT2D eigenvalue weighted by Gasteiger charge is -2.42. The Morgan fingerprint density at radius 2 is 1.76 bits per heavy atom. The van der Waals surface area contributed by atoms with Crippen molar-refractivity contribution >= 4 is 72.5 Å². The number of halogens is 3. The number of hydrogen-bond donors (Lipinski definition) is 1.